The lowest BCUT2D eigenvalue weighted by Gasteiger charge is -2.29. The third-order valence-electron chi connectivity index (χ3n) is 4.42. The van der Waals surface area contributed by atoms with Gasteiger partial charge in [0.1, 0.15) is 17.7 Å². The summed E-state index contributed by atoms with van der Waals surface area (Å²) in [4.78, 5) is 10.9. The number of aromatic nitrogens is 3. The van der Waals surface area contributed by atoms with Crippen molar-refractivity contribution in [2.45, 2.75) is 25.4 Å². The number of anilines is 1. The molecule has 27 heavy (non-hydrogen) atoms. The lowest BCUT2D eigenvalue weighted by Crippen LogP contribution is -2.34. The van der Waals surface area contributed by atoms with Gasteiger partial charge in [-0.2, -0.15) is 4.98 Å². The summed E-state index contributed by atoms with van der Waals surface area (Å²) in [6, 6.07) is 7.46. The molecular weight excluding hydrogens is 364 g/mol. The summed E-state index contributed by atoms with van der Waals surface area (Å²) >= 11 is 0. The van der Waals surface area contributed by atoms with Gasteiger partial charge in [0.05, 0.1) is 5.69 Å². The molecule has 1 aliphatic heterocycles. The van der Waals surface area contributed by atoms with Gasteiger partial charge in [-0.1, -0.05) is 12.1 Å². The Morgan fingerprint density at radius 3 is 2.59 bits per heavy atom. The molecule has 142 valence electrons. The summed E-state index contributed by atoms with van der Waals surface area (Å²) in [6.45, 7) is 1.18. The maximum Gasteiger partial charge on any atom is 0.573 e. The molecule has 0 radical (unpaired) electrons. The van der Waals surface area contributed by atoms with Gasteiger partial charge in [-0.05, 0) is 31.0 Å². The van der Waals surface area contributed by atoms with Crippen LogP contribution < -0.4 is 9.64 Å². The number of ether oxygens (including phenoxy) is 1. The summed E-state index contributed by atoms with van der Waals surface area (Å²) in [5.41, 5.74) is 0.969. The molecule has 0 spiro atoms. The first kappa shape index (κ1) is 17.6. The highest BCUT2D eigenvalue weighted by molar-refractivity contribution is 5.63. The van der Waals surface area contributed by atoms with Gasteiger partial charge in [0.2, 0.25) is 5.78 Å². The monoisotopic (exact) mass is 380 g/mol. The summed E-state index contributed by atoms with van der Waals surface area (Å²) in [5.74, 6) is 0.826. The fraction of sp³-hybridized carbons (Fsp3) is 0.333. The molecule has 9 heteroatoms. The van der Waals surface area contributed by atoms with Crippen LogP contribution in [0.15, 0.2) is 42.7 Å². The van der Waals surface area contributed by atoms with Crippen LogP contribution in [0.25, 0.3) is 17.0 Å². The summed E-state index contributed by atoms with van der Waals surface area (Å²) in [7, 11) is 0. The highest BCUT2D eigenvalue weighted by Crippen LogP contribution is 2.28. The molecule has 0 bridgehead atoms. The molecule has 0 unspecified atom stereocenters. The van der Waals surface area contributed by atoms with Crippen LogP contribution in [-0.4, -0.2) is 40.0 Å². The fourth-order valence-electron chi connectivity index (χ4n) is 3.11. The maximum atomic E-state index is 13.3. The minimum absolute atomic E-state index is 0.306. The second-order valence-corrected chi connectivity index (χ2v) is 6.36. The molecule has 2 aromatic heterocycles. The number of halogens is 4. The highest BCUT2D eigenvalue weighted by Gasteiger charge is 2.31. The summed E-state index contributed by atoms with van der Waals surface area (Å²) < 4.78 is 56.2. The van der Waals surface area contributed by atoms with Crippen molar-refractivity contribution in [3.05, 3.63) is 42.7 Å². The van der Waals surface area contributed by atoms with Crippen LogP contribution in [0.2, 0.25) is 0 Å². The van der Waals surface area contributed by atoms with Crippen molar-refractivity contribution in [3.8, 4) is 17.0 Å². The van der Waals surface area contributed by atoms with Crippen LogP contribution in [0, 0.1) is 0 Å². The molecule has 0 N–H and O–H groups in total. The smallest absolute Gasteiger partial charge is 0.406 e. The van der Waals surface area contributed by atoms with Crippen molar-refractivity contribution in [3.63, 3.8) is 0 Å². The Morgan fingerprint density at radius 1 is 1.07 bits per heavy atom. The van der Waals surface area contributed by atoms with Crippen molar-refractivity contribution < 1.29 is 22.3 Å². The van der Waals surface area contributed by atoms with E-state index in [2.05, 4.69) is 14.7 Å². The van der Waals surface area contributed by atoms with Crippen molar-refractivity contribution >= 4 is 11.6 Å². The maximum absolute atomic E-state index is 13.3. The molecule has 1 fully saturated rings. The van der Waals surface area contributed by atoms with Crippen LogP contribution in [-0.2, 0) is 0 Å². The Balaban J connectivity index is 1.61. The normalized spacial score (nSPS) is 16.1. The molecular formula is C18H16F4N4O. The van der Waals surface area contributed by atoms with E-state index in [1.54, 1.807) is 22.9 Å². The number of rotatable bonds is 3. The zero-order chi connectivity index (χ0) is 19.0. The molecule has 1 aliphatic rings. The van der Waals surface area contributed by atoms with Gasteiger partial charge in [-0.3, -0.25) is 4.40 Å². The molecule has 3 heterocycles. The Hall–Kier alpha value is -2.84. The Labute approximate surface area is 152 Å². The van der Waals surface area contributed by atoms with Crippen LogP contribution in [0.4, 0.5) is 23.4 Å². The number of benzene rings is 1. The third kappa shape index (κ3) is 3.96. The van der Waals surface area contributed by atoms with E-state index in [1.807, 2.05) is 11.0 Å². The van der Waals surface area contributed by atoms with Crippen LogP contribution in [0.1, 0.15) is 12.8 Å². The van der Waals surface area contributed by atoms with Crippen LogP contribution >= 0.6 is 0 Å². The predicted molar refractivity (Wildman–Crippen MR) is 91.4 cm³/mol. The van der Waals surface area contributed by atoms with E-state index in [0.29, 0.717) is 48.8 Å². The van der Waals surface area contributed by atoms with Gasteiger partial charge in [0, 0.05) is 31.0 Å². The van der Waals surface area contributed by atoms with E-state index < -0.39 is 12.5 Å². The van der Waals surface area contributed by atoms with Crippen LogP contribution in [0.3, 0.4) is 0 Å². The van der Waals surface area contributed by atoms with Gasteiger partial charge in [0.25, 0.3) is 0 Å². The zero-order valence-electron chi connectivity index (χ0n) is 14.2. The molecule has 3 aromatic rings. The van der Waals surface area contributed by atoms with Gasteiger partial charge in [-0.15, -0.1) is 13.2 Å². The number of hydrogen-bond donors (Lipinski definition) is 0. The Bertz CT molecular complexity index is 948. The number of imidazole rings is 1. The van der Waals surface area contributed by atoms with E-state index in [1.165, 1.54) is 18.2 Å². The van der Waals surface area contributed by atoms with Gasteiger partial charge >= 0.3 is 6.36 Å². The van der Waals surface area contributed by atoms with E-state index in [4.69, 9.17) is 0 Å². The van der Waals surface area contributed by atoms with Gasteiger partial charge < -0.3 is 9.64 Å². The number of hydrogen-bond acceptors (Lipinski definition) is 4. The summed E-state index contributed by atoms with van der Waals surface area (Å²) in [6.07, 6.45) is -1.11. The molecule has 0 aliphatic carbocycles. The average Bonchev–Trinajstić information content (AvgIpc) is 3.04. The Morgan fingerprint density at radius 2 is 1.85 bits per heavy atom. The number of piperidine rings is 1. The highest BCUT2D eigenvalue weighted by atomic mass is 19.4. The molecule has 0 atom stereocenters. The number of alkyl halides is 4. The molecule has 4 rings (SSSR count). The summed E-state index contributed by atoms with van der Waals surface area (Å²) in [5, 5.41) is 0. The van der Waals surface area contributed by atoms with Crippen molar-refractivity contribution in [2.75, 3.05) is 18.0 Å². The third-order valence-corrected chi connectivity index (χ3v) is 4.42. The second-order valence-electron chi connectivity index (χ2n) is 6.36. The molecule has 0 amide bonds. The van der Waals surface area contributed by atoms with E-state index in [0.717, 1.165) is 0 Å². The lowest BCUT2D eigenvalue weighted by atomic mass is 10.1. The van der Waals surface area contributed by atoms with Crippen molar-refractivity contribution in [1.82, 2.24) is 14.4 Å². The van der Waals surface area contributed by atoms with Crippen molar-refractivity contribution in [2.24, 2.45) is 0 Å². The minimum atomic E-state index is -4.75. The van der Waals surface area contributed by atoms with Crippen LogP contribution in [0.5, 0.6) is 5.75 Å². The zero-order valence-corrected chi connectivity index (χ0v) is 14.2. The topological polar surface area (TPSA) is 42.7 Å². The first-order valence-electron chi connectivity index (χ1n) is 8.48. The van der Waals surface area contributed by atoms with Gasteiger partial charge in [-0.25, -0.2) is 9.37 Å². The molecule has 1 aromatic carbocycles. The van der Waals surface area contributed by atoms with Gasteiger partial charge in [0.15, 0.2) is 0 Å². The second kappa shape index (κ2) is 6.71. The number of nitrogens with zero attached hydrogens (tertiary/aromatic N) is 4. The van der Waals surface area contributed by atoms with E-state index in [-0.39, 0.29) is 5.75 Å². The van der Waals surface area contributed by atoms with E-state index >= 15 is 0 Å². The molecule has 5 nitrogen and oxygen atoms in total. The minimum Gasteiger partial charge on any atom is -0.406 e. The molecule has 0 saturated carbocycles. The van der Waals surface area contributed by atoms with Crippen molar-refractivity contribution in [1.29, 1.82) is 0 Å². The molecule has 1 saturated heterocycles. The quantitative estimate of drug-likeness (QED) is 0.638. The van der Waals surface area contributed by atoms with E-state index in [9.17, 15) is 17.6 Å². The lowest BCUT2D eigenvalue weighted by molar-refractivity contribution is -0.274. The Kier molecular flexibility index (Phi) is 4.37. The SMILES string of the molecule is FC1CCN(c2ccn3cc(-c4cccc(OC(F)(F)F)c4)nc3n2)CC1. The average molecular weight is 380 g/mol. The predicted octanol–water partition coefficient (Wildman–Crippen LogP) is 4.23. The largest absolute Gasteiger partial charge is 0.573 e. The number of fused-ring (bicyclic) bond motifs is 1. The fourth-order valence-corrected chi connectivity index (χ4v) is 3.11. The standard InChI is InChI=1S/C18H16F4N4O/c19-13-4-7-25(8-5-13)16-6-9-26-11-15(23-17(26)24-16)12-2-1-3-14(10-12)27-18(20,21)22/h1-3,6,9-11,13H,4-5,7-8H2. The first-order chi connectivity index (χ1) is 12.9. The first-order valence-corrected chi connectivity index (χ1v) is 8.48.